The molecule has 5 nitrogen and oxygen atoms in total. The van der Waals surface area contributed by atoms with Gasteiger partial charge in [-0.2, -0.15) is 13.2 Å². The Morgan fingerprint density at radius 2 is 1.76 bits per heavy atom. The zero-order valence-electron chi connectivity index (χ0n) is 13.8. The number of furan rings is 1. The minimum Gasteiger partial charge on any atom is -0.465 e. The summed E-state index contributed by atoms with van der Waals surface area (Å²) in [5.74, 6) is -0.748. The molecule has 25 heavy (non-hydrogen) atoms. The number of esters is 1. The predicted octanol–water partition coefficient (Wildman–Crippen LogP) is 4.02. The Kier molecular flexibility index (Phi) is 5.20. The average Bonchev–Trinajstić information content (AvgIpc) is 2.77. The molecule has 0 radical (unpaired) electrons. The third kappa shape index (κ3) is 4.20. The van der Waals surface area contributed by atoms with Crippen LogP contribution in [0, 0.1) is 20.8 Å². The molecule has 134 valence electrons. The number of halogens is 3. The molecule has 1 N–H and O–H groups in total. The van der Waals surface area contributed by atoms with E-state index in [0.717, 1.165) is 12.1 Å². The molecular formula is C17H16F3NO4. The lowest BCUT2D eigenvalue weighted by molar-refractivity contribution is -0.137. The zero-order valence-corrected chi connectivity index (χ0v) is 13.8. The molecule has 2 aromatic rings. The number of para-hydroxylation sites is 1. The highest BCUT2D eigenvalue weighted by Crippen LogP contribution is 2.34. The van der Waals surface area contributed by atoms with E-state index in [1.54, 1.807) is 20.8 Å². The van der Waals surface area contributed by atoms with Crippen LogP contribution in [0.5, 0.6) is 0 Å². The van der Waals surface area contributed by atoms with Gasteiger partial charge in [0.2, 0.25) is 0 Å². The second-order valence-electron chi connectivity index (χ2n) is 5.38. The number of benzene rings is 1. The molecule has 0 saturated carbocycles. The van der Waals surface area contributed by atoms with Gasteiger partial charge in [0.25, 0.3) is 5.91 Å². The predicted molar refractivity (Wildman–Crippen MR) is 83.3 cm³/mol. The zero-order chi connectivity index (χ0) is 18.8. The molecule has 8 heteroatoms. The van der Waals surface area contributed by atoms with E-state index in [0.29, 0.717) is 17.1 Å². The number of anilines is 1. The molecule has 0 saturated heterocycles. The molecule has 0 aliphatic rings. The fraction of sp³-hybridized carbons (Fsp3) is 0.294. The van der Waals surface area contributed by atoms with E-state index in [2.05, 4.69) is 5.32 Å². The summed E-state index contributed by atoms with van der Waals surface area (Å²) >= 11 is 0. The molecule has 1 heterocycles. The van der Waals surface area contributed by atoms with Crippen molar-refractivity contribution >= 4 is 17.6 Å². The van der Waals surface area contributed by atoms with Crippen LogP contribution in [-0.2, 0) is 15.7 Å². The molecule has 1 aromatic carbocycles. The van der Waals surface area contributed by atoms with Gasteiger partial charge in [-0.15, -0.1) is 0 Å². The number of hydrogen-bond acceptors (Lipinski definition) is 4. The molecule has 1 amide bonds. The van der Waals surface area contributed by atoms with E-state index >= 15 is 0 Å². The van der Waals surface area contributed by atoms with Crippen LogP contribution in [0.1, 0.15) is 33.0 Å². The summed E-state index contributed by atoms with van der Waals surface area (Å²) < 4.78 is 48.8. The first-order chi connectivity index (χ1) is 11.6. The van der Waals surface area contributed by atoms with Gasteiger partial charge in [-0.3, -0.25) is 4.79 Å². The van der Waals surface area contributed by atoms with Crippen LogP contribution in [0.15, 0.2) is 28.7 Å². The quantitative estimate of drug-likeness (QED) is 0.841. The Hall–Kier alpha value is -2.77. The number of ether oxygens (including phenoxy) is 1. The van der Waals surface area contributed by atoms with E-state index in [1.807, 2.05) is 0 Å². The van der Waals surface area contributed by atoms with Crippen LogP contribution < -0.4 is 5.32 Å². The van der Waals surface area contributed by atoms with E-state index in [9.17, 15) is 22.8 Å². The Morgan fingerprint density at radius 3 is 2.32 bits per heavy atom. The number of aryl methyl sites for hydroxylation is 2. The van der Waals surface area contributed by atoms with Crippen molar-refractivity contribution in [2.45, 2.75) is 26.9 Å². The maximum Gasteiger partial charge on any atom is 0.418 e. The molecule has 2 rings (SSSR count). The van der Waals surface area contributed by atoms with Crippen LogP contribution >= 0.6 is 0 Å². The van der Waals surface area contributed by atoms with Crippen molar-refractivity contribution in [3.8, 4) is 0 Å². The smallest absolute Gasteiger partial charge is 0.418 e. The number of amides is 1. The Morgan fingerprint density at radius 1 is 1.12 bits per heavy atom. The lowest BCUT2D eigenvalue weighted by atomic mass is 10.1. The van der Waals surface area contributed by atoms with Crippen molar-refractivity contribution in [1.82, 2.24) is 0 Å². The van der Waals surface area contributed by atoms with Gasteiger partial charge < -0.3 is 14.5 Å². The summed E-state index contributed by atoms with van der Waals surface area (Å²) in [5.41, 5.74) is -0.583. The molecule has 0 spiro atoms. The number of nitrogens with one attached hydrogen (secondary N) is 1. The monoisotopic (exact) mass is 355 g/mol. The lowest BCUT2D eigenvalue weighted by Gasteiger charge is -2.13. The number of carbonyl (C=O) groups excluding carboxylic acids is 2. The Bertz CT molecular complexity index is 809. The first-order valence-electron chi connectivity index (χ1n) is 7.31. The highest BCUT2D eigenvalue weighted by Gasteiger charge is 2.33. The summed E-state index contributed by atoms with van der Waals surface area (Å²) in [4.78, 5) is 23.9. The van der Waals surface area contributed by atoms with Gasteiger partial charge in [-0.1, -0.05) is 12.1 Å². The first-order valence-corrected chi connectivity index (χ1v) is 7.31. The van der Waals surface area contributed by atoms with Gasteiger partial charge in [0.15, 0.2) is 6.61 Å². The van der Waals surface area contributed by atoms with E-state index in [4.69, 9.17) is 9.15 Å². The van der Waals surface area contributed by atoms with E-state index < -0.39 is 35.9 Å². The summed E-state index contributed by atoms with van der Waals surface area (Å²) in [6, 6.07) is 4.54. The third-order valence-corrected chi connectivity index (χ3v) is 3.61. The summed E-state index contributed by atoms with van der Waals surface area (Å²) in [6.45, 7) is 4.21. The minimum absolute atomic E-state index is 0.209. The maximum atomic E-state index is 12.9. The van der Waals surface area contributed by atoms with Crippen molar-refractivity contribution < 1.29 is 31.9 Å². The van der Waals surface area contributed by atoms with Crippen molar-refractivity contribution in [2.75, 3.05) is 11.9 Å². The topological polar surface area (TPSA) is 68.5 Å². The molecule has 1 aromatic heterocycles. The van der Waals surface area contributed by atoms with Gasteiger partial charge in [0.1, 0.15) is 17.1 Å². The summed E-state index contributed by atoms with van der Waals surface area (Å²) in [7, 11) is 0. The fourth-order valence-electron chi connectivity index (χ4n) is 2.32. The molecular weight excluding hydrogens is 339 g/mol. The number of rotatable bonds is 4. The molecule has 0 bridgehead atoms. The van der Waals surface area contributed by atoms with Gasteiger partial charge in [-0.05, 0) is 32.9 Å². The van der Waals surface area contributed by atoms with Crippen molar-refractivity contribution in [3.63, 3.8) is 0 Å². The summed E-state index contributed by atoms with van der Waals surface area (Å²) in [5, 5.41) is 2.10. The Balaban J connectivity index is 2.04. The standard InChI is InChI=1S/C17H16F3NO4/c1-9-10(2)25-11(3)15(9)16(23)24-8-14(22)21-13-7-5-4-6-12(13)17(18,19)20/h4-7H,8H2,1-3H3,(H,21,22). The van der Waals surface area contributed by atoms with Crippen LogP contribution in [0.4, 0.5) is 18.9 Å². The number of alkyl halides is 3. The summed E-state index contributed by atoms with van der Waals surface area (Å²) in [6.07, 6.45) is -4.61. The first kappa shape index (κ1) is 18.6. The normalized spacial score (nSPS) is 11.3. The molecule has 0 aliphatic carbocycles. The second kappa shape index (κ2) is 7.00. The number of carbonyl (C=O) groups is 2. The fourth-order valence-corrected chi connectivity index (χ4v) is 2.32. The van der Waals surface area contributed by atoms with Crippen LogP contribution in [0.25, 0.3) is 0 Å². The van der Waals surface area contributed by atoms with Crippen LogP contribution in [0.3, 0.4) is 0 Å². The van der Waals surface area contributed by atoms with Gasteiger partial charge in [0, 0.05) is 5.56 Å². The molecule has 0 aliphatic heterocycles. The highest BCUT2D eigenvalue weighted by molar-refractivity contribution is 5.97. The molecule has 0 atom stereocenters. The maximum absolute atomic E-state index is 12.9. The highest BCUT2D eigenvalue weighted by atomic mass is 19.4. The Labute approximate surface area is 141 Å². The van der Waals surface area contributed by atoms with Crippen LogP contribution in [-0.4, -0.2) is 18.5 Å². The van der Waals surface area contributed by atoms with Crippen molar-refractivity contribution in [1.29, 1.82) is 0 Å². The molecule has 0 unspecified atom stereocenters. The molecule has 0 fully saturated rings. The van der Waals surface area contributed by atoms with Crippen LogP contribution in [0.2, 0.25) is 0 Å². The average molecular weight is 355 g/mol. The second-order valence-corrected chi connectivity index (χ2v) is 5.38. The van der Waals surface area contributed by atoms with Crippen molar-refractivity contribution in [3.05, 3.63) is 52.5 Å². The van der Waals surface area contributed by atoms with Crippen molar-refractivity contribution in [2.24, 2.45) is 0 Å². The lowest BCUT2D eigenvalue weighted by Crippen LogP contribution is -2.23. The van der Waals surface area contributed by atoms with E-state index in [-0.39, 0.29) is 5.56 Å². The largest absolute Gasteiger partial charge is 0.465 e. The van der Waals surface area contributed by atoms with E-state index in [1.165, 1.54) is 12.1 Å². The SMILES string of the molecule is Cc1oc(C)c(C(=O)OCC(=O)Nc2ccccc2C(F)(F)F)c1C. The third-order valence-electron chi connectivity index (χ3n) is 3.61. The number of hydrogen-bond donors (Lipinski definition) is 1. The van der Waals surface area contributed by atoms with Gasteiger partial charge >= 0.3 is 12.1 Å². The minimum atomic E-state index is -4.61. The van der Waals surface area contributed by atoms with Gasteiger partial charge in [-0.25, -0.2) is 4.79 Å². The van der Waals surface area contributed by atoms with Gasteiger partial charge in [0.05, 0.1) is 11.3 Å².